The topological polar surface area (TPSA) is 156 Å². The van der Waals surface area contributed by atoms with Gasteiger partial charge in [-0.25, -0.2) is 9.59 Å². The van der Waals surface area contributed by atoms with Crippen molar-refractivity contribution in [3.8, 4) is 45.6 Å². The van der Waals surface area contributed by atoms with Crippen LogP contribution in [0.2, 0.25) is 0 Å². The molecule has 2 atom stereocenters. The summed E-state index contributed by atoms with van der Waals surface area (Å²) in [5, 5.41) is 60.6. The van der Waals surface area contributed by atoms with Crippen LogP contribution in [0, 0.1) is 18.8 Å². The van der Waals surface area contributed by atoms with Crippen molar-refractivity contribution < 1.29 is 40.2 Å². The summed E-state index contributed by atoms with van der Waals surface area (Å²) in [6, 6.07) is 34.3. The highest BCUT2D eigenvalue weighted by atomic mass is 16.4. The van der Waals surface area contributed by atoms with Gasteiger partial charge in [0.15, 0.2) is 0 Å². The number of carboxylic acids is 2. The summed E-state index contributed by atoms with van der Waals surface area (Å²) in [7, 11) is 0. The number of carbonyl (C=O) groups is 2. The molecule has 2 aliphatic carbocycles. The summed E-state index contributed by atoms with van der Waals surface area (Å²) in [6.07, 6.45) is 5.79. The Hall–Kier alpha value is -6.92. The molecule has 8 nitrogen and oxygen atoms in total. The van der Waals surface area contributed by atoms with Crippen LogP contribution in [0.4, 0.5) is 0 Å². The molecule has 380 valence electrons. The molecule has 0 heterocycles. The van der Waals surface area contributed by atoms with Crippen LogP contribution in [-0.4, -0.2) is 42.6 Å². The van der Waals surface area contributed by atoms with Gasteiger partial charge in [-0.05, 0) is 169 Å². The summed E-state index contributed by atoms with van der Waals surface area (Å²) in [4.78, 5) is 22.3. The van der Waals surface area contributed by atoms with Gasteiger partial charge >= 0.3 is 11.9 Å². The van der Waals surface area contributed by atoms with Gasteiger partial charge in [0.05, 0.1) is 6.10 Å². The van der Waals surface area contributed by atoms with E-state index in [1.807, 2.05) is 0 Å². The number of hydrogen-bond donors (Lipinski definition) is 6. The van der Waals surface area contributed by atoms with E-state index in [0.29, 0.717) is 11.1 Å². The monoisotopic (exact) mass is 981 g/mol. The first-order chi connectivity index (χ1) is 34.0. The number of fused-ring (bicyclic) bond motifs is 2. The first-order valence-corrected chi connectivity index (χ1v) is 25.2. The highest BCUT2D eigenvalue weighted by molar-refractivity contribution is 5.91. The summed E-state index contributed by atoms with van der Waals surface area (Å²) in [5.74, 6) is 2.77. The lowest BCUT2D eigenvalue weighted by Gasteiger charge is -2.43. The predicted octanol–water partition coefficient (Wildman–Crippen LogP) is 14.7. The number of carboxylic acid groups (broad SMARTS) is 2. The molecule has 2 unspecified atom stereocenters. The third-order valence-corrected chi connectivity index (χ3v) is 15.3. The van der Waals surface area contributed by atoms with Crippen molar-refractivity contribution in [2.75, 3.05) is 0 Å². The van der Waals surface area contributed by atoms with Crippen LogP contribution in [0.1, 0.15) is 190 Å². The highest BCUT2D eigenvalue weighted by Crippen LogP contribution is 2.52. The van der Waals surface area contributed by atoms with E-state index in [4.69, 9.17) is 10.2 Å². The second-order valence-corrected chi connectivity index (χ2v) is 23.8. The van der Waals surface area contributed by atoms with E-state index in [0.717, 1.165) is 59.1 Å². The van der Waals surface area contributed by atoms with Gasteiger partial charge in [-0.15, -0.1) is 0 Å². The average Bonchev–Trinajstić information content (AvgIpc) is 3.32. The van der Waals surface area contributed by atoms with E-state index in [1.165, 1.54) is 63.7 Å². The van der Waals surface area contributed by atoms with Crippen LogP contribution in [-0.2, 0) is 27.1 Å². The summed E-state index contributed by atoms with van der Waals surface area (Å²) in [5.41, 5.74) is 14.5. The van der Waals surface area contributed by atoms with Crippen molar-refractivity contribution in [2.24, 2.45) is 0 Å². The van der Waals surface area contributed by atoms with Crippen LogP contribution in [0.15, 0.2) is 115 Å². The molecule has 6 aromatic rings. The number of benzene rings is 6. The number of aromatic hydroxyl groups is 2. The molecule has 8 rings (SSSR count). The molecular formula is C65H72O8. The fourth-order valence-corrected chi connectivity index (χ4v) is 10.5. The third kappa shape index (κ3) is 11.7. The molecule has 0 amide bonds. The maximum atomic E-state index is 11.2. The lowest BCUT2D eigenvalue weighted by Crippen LogP contribution is -2.34. The zero-order valence-corrected chi connectivity index (χ0v) is 44.5. The molecule has 0 aromatic heterocycles. The maximum Gasteiger partial charge on any atom is 0.339 e. The Balaban J connectivity index is 0.000000214. The average molecular weight is 981 g/mol. The Kier molecular flexibility index (Phi) is 14.9. The van der Waals surface area contributed by atoms with Crippen molar-refractivity contribution in [1.29, 1.82) is 0 Å². The van der Waals surface area contributed by atoms with Crippen LogP contribution in [0.3, 0.4) is 0 Å². The Morgan fingerprint density at radius 1 is 0.575 bits per heavy atom. The second-order valence-electron chi connectivity index (χ2n) is 23.8. The van der Waals surface area contributed by atoms with Crippen LogP contribution in [0.25, 0.3) is 28.3 Å². The molecule has 73 heavy (non-hydrogen) atoms. The van der Waals surface area contributed by atoms with Gasteiger partial charge in [-0.2, -0.15) is 0 Å². The van der Waals surface area contributed by atoms with Gasteiger partial charge in [0, 0.05) is 5.56 Å². The zero-order chi connectivity index (χ0) is 53.6. The molecule has 0 radical (unpaired) electrons. The Bertz CT molecular complexity index is 3170. The van der Waals surface area contributed by atoms with Gasteiger partial charge in [0.1, 0.15) is 28.7 Å². The summed E-state index contributed by atoms with van der Waals surface area (Å²) < 4.78 is 0. The van der Waals surface area contributed by atoms with Gasteiger partial charge in [0.25, 0.3) is 0 Å². The van der Waals surface area contributed by atoms with Crippen LogP contribution >= 0.6 is 0 Å². The molecule has 6 aromatic carbocycles. The second kappa shape index (κ2) is 20.2. The SMILES string of the molecule is CC(C)(C)c1ccc(-c2cc(C(O)C#Cc3ccc(C(=O)O)c(O)c3)cc3c2C(C)(C)CCC3(C)C)cc1.Cc1ccc(-c2cc(C(O)/C=C/c3ccc(C(=O)O)c(O)c3)cc3c2C(C)(C)CCC3(C)C)cc1. The first kappa shape index (κ1) is 53.9. The Morgan fingerprint density at radius 2 is 1.03 bits per heavy atom. The molecule has 0 aliphatic heterocycles. The number of aromatic carboxylic acids is 2. The van der Waals surface area contributed by atoms with Crippen molar-refractivity contribution >= 4 is 18.0 Å². The summed E-state index contributed by atoms with van der Waals surface area (Å²) >= 11 is 0. The minimum absolute atomic E-state index is 0.0117. The molecule has 2 aliphatic rings. The number of aryl methyl sites for hydroxylation is 1. The Labute approximate surface area is 432 Å². The normalized spacial score (nSPS) is 16.9. The predicted molar refractivity (Wildman–Crippen MR) is 294 cm³/mol. The first-order valence-electron chi connectivity index (χ1n) is 25.2. The molecule has 0 fully saturated rings. The van der Waals surface area contributed by atoms with Crippen LogP contribution < -0.4 is 0 Å². The van der Waals surface area contributed by atoms with Gasteiger partial charge in [-0.3, -0.25) is 0 Å². The largest absolute Gasteiger partial charge is 0.507 e. The summed E-state index contributed by atoms with van der Waals surface area (Å²) in [6.45, 7) is 27.0. The standard InChI is InChI=1S/C34H38O4.C31H34O4/c1-32(2,3)24-12-10-22(11-13-24)26-19-23(20-27-30(26)34(6,7)17-16-33(27,4)5)28(35)15-9-21-8-14-25(31(37)38)29(36)18-21;1-19-6-10-21(11-7-19)24-17-22(18-25-28(24)31(4,5)15-14-30(25,2)3)26(32)13-9-20-8-12-23(29(34)35)27(33)16-20/h8,10-14,18-20,28,35-36H,16-17H2,1-7H3,(H,37,38);6-13,16-18,26,32-33H,14-15H2,1-5H3,(H,34,35)/b;13-9+. The van der Waals surface area contributed by atoms with E-state index in [1.54, 1.807) is 18.2 Å². The maximum absolute atomic E-state index is 11.2. The molecular weight excluding hydrogens is 909 g/mol. The molecule has 0 saturated carbocycles. The van der Waals surface area contributed by atoms with E-state index in [9.17, 15) is 30.0 Å². The third-order valence-electron chi connectivity index (χ3n) is 15.3. The van der Waals surface area contributed by atoms with Crippen LogP contribution in [0.5, 0.6) is 11.5 Å². The van der Waals surface area contributed by atoms with E-state index in [2.05, 4.69) is 168 Å². The molecule has 0 bridgehead atoms. The minimum atomic E-state index is -1.20. The van der Waals surface area contributed by atoms with E-state index < -0.39 is 24.1 Å². The molecule has 0 spiro atoms. The van der Waals surface area contributed by atoms with Crippen molar-refractivity contribution in [3.05, 3.63) is 182 Å². The number of rotatable bonds is 8. The number of aliphatic hydroxyl groups is 2. The fourth-order valence-electron chi connectivity index (χ4n) is 10.5. The molecule has 8 heteroatoms. The van der Waals surface area contributed by atoms with Gasteiger partial charge in [-0.1, -0.05) is 172 Å². The van der Waals surface area contributed by atoms with E-state index >= 15 is 0 Å². The van der Waals surface area contributed by atoms with Crippen molar-refractivity contribution in [1.82, 2.24) is 0 Å². The van der Waals surface area contributed by atoms with Crippen molar-refractivity contribution in [2.45, 2.75) is 148 Å². The molecule has 6 N–H and O–H groups in total. The highest BCUT2D eigenvalue weighted by Gasteiger charge is 2.41. The van der Waals surface area contributed by atoms with Crippen molar-refractivity contribution in [3.63, 3.8) is 0 Å². The molecule has 0 saturated heterocycles. The Morgan fingerprint density at radius 3 is 1.51 bits per heavy atom. The van der Waals surface area contributed by atoms with Gasteiger partial charge < -0.3 is 30.6 Å². The quantitative estimate of drug-likeness (QED) is 0.0824. The number of phenols is 2. The lowest BCUT2D eigenvalue weighted by atomic mass is 9.61. The van der Waals surface area contributed by atoms with E-state index in [-0.39, 0.29) is 49.7 Å². The number of aliphatic hydroxyl groups excluding tert-OH is 2. The van der Waals surface area contributed by atoms with Gasteiger partial charge in [0.2, 0.25) is 0 Å². The lowest BCUT2D eigenvalue weighted by molar-refractivity contribution is 0.0682. The number of hydrogen-bond acceptors (Lipinski definition) is 6. The zero-order valence-electron chi connectivity index (χ0n) is 44.5. The smallest absolute Gasteiger partial charge is 0.339 e. The fraction of sp³-hybridized carbons (Fsp3) is 0.354. The minimum Gasteiger partial charge on any atom is -0.507 e.